The Kier molecular flexibility index (Phi) is 5.43. The van der Waals surface area contributed by atoms with Gasteiger partial charge >= 0.3 is 12.1 Å². The number of hydrogen-bond donors (Lipinski definition) is 1. The Hall–Kier alpha value is -2.57. The third-order valence-electron chi connectivity index (χ3n) is 4.23. The van der Waals surface area contributed by atoms with Crippen LogP contribution in [0.4, 0.5) is 4.79 Å². The van der Waals surface area contributed by atoms with Gasteiger partial charge in [-0.3, -0.25) is 9.69 Å². The number of benzene rings is 1. The molecule has 1 aliphatic heterocycles. The Morgan fingerprint density at radius 3 is 2.50 bits per heavy atom. The molecule has 2 atom stereocenters. The summed E-state index contributed by atoms with van der Waals surface area (Å²) in [5.41, 5.74) is -0.146. The van der Waals surface area contributed by atoms with Crippen LogP contribution in [0.15, 0.2) is 30.3 Å². The summed E-state index contributed by atoms with van der Waals surface area (Å²) in [6.45, 7) is 3.76. The number of nitrogens with one attached hydrogen (secondary N) is 1. The van der Waals surface area contributed by atoms with Crippen LogP contribution < -0.4 is 5.32 Å². The predicted octanol–water partition coefficient (Wildman–Crippen LogP) is 1.47. The van der Waals surface area contributed by atoms with Gasteiger partial charge in [-0.25, -0.2) is 9.59 Å². The zero-order chi connectivity index (χ0) is 17.7. The van der Waals surface area contributed by atoms with E-state index in [1.165, 1.54) is 18.9 Å². The number of carbonyl (C=O) groups excluding carboxylic acids is 3. The summed E-state index contributed by atoms with van der Waals surface area (Å²) in [7, 11) is 1.25. The summed E-state index contributed by atoms with van der Waals surface area (Å²) < 4.78 is 9.85. The number of likely N-dealkylation sites (tertiary alicyclic amines) is 1. The van der Waals surface area contributed by atoms with Crippen LogP contribution in [0.5, 0.6) is 0 Å². The molecule has 1 N–H and O–H groups in total. The molecule has 0 aliphatic carbocycles. The van der Waals surface area contributed by atoms with E-state index < -0.39 is 29.6 Å². The molecule has 7 nitrogen and oxygen atoms in total. The van der Waals surface area contributed by atoms with Crippen molar-refractivity contribution in [2.24, 2.45) is 0 Å². The molecule has 24 heavy (non-hydrogen) atoms. The standard InChI is InChI=1S/C17H22N2O5/c1-12(14(20)23-3)18-15(21)17(2)9-10-19(17)16(22)24-11-13-7-5-4-6-8-13/h4-8,12H,9-11H2,1-3H3,(H,18,21)/t12-,17+/m0/s1. The van der Waals surface area contributed by atoms with Crippen molar-refractivity contribution < 1.29 is 23.9 Å². The van der Waals surface area contributed by atoms with Crippen molar-refractivity contribution in [3.63, 3.8) is 0 Å². The first kappa shape index (κ1) is 17.8. The van der Waals surface area contributed by atoms with Gasteiger partial charge in [-0.1, -0.05) is 30.3 Å². The van der Waals surface area contributed by atoms with Crippen molar-refractivity contribution in [3.05, 3.63) is 35.9 Å². The highest BCUT2D eigenvalue weighted by atomic mass is 16.6. The molecule has 0 spiro atoms. The molecule has 1 heterocycles. The third-order valence-corrected chi connectivity index (χ3v) is 4.23. The number of esters is 1. The number of carbonyl (C=O) groups is 3. The van der Waals surface area contributed by atoms with Crippen LogP contribution in [-0.2, 0) is 25.7 Å². The zero-order valence-corrected chi connectivity index (χ0v) is 14.1. The van der Waals surface area contributed by atoms with Gasteiger partial charge in [0.05, 0.1) is 7.11 Å². The van der Waals surface area contributed by atoms with Crippen molar-refractivity contribution in [1.82, 2.24) is 10.2 Å². The summed E-state index contributed by atoms with van der Waals surface area (Å²) in [4.78, 5) is 37.4. The first-order valence-corrected chi connectivity index (χ1v) is 7.75. The van der Waals surface area contributed by atoms with E-state index in [2.05, 4.69) is 10.1 Å². The molecular weight excluding hydrogens is 312 g/mol. The van der Waals surface area contributed by atoms with Gasteiger partial charge in [0.25, 0.3) is 0 Å². The average molecular weight is 334 g/mol. The first-order chi connectivity index (χ1) is 11.4. The number of nitrogens with zero attached hydrogens (tertiary/aromatic N) is 1. The maximum atomic E-state index is 12.4. The molecule has 1 fully saturated rings. The molecule has 0 unspecified atom stereocenters. The largest absolute Gasteiger partial charge is 0.467 e. The molecule has 1 saturated heterocycles. The second-order valence-corrected chi connectivity index (χ2v) is 5.93. The highest BCUT2D eigenvalue weighted by molar-refractivity contribution is 5.93. The fourth-order valence-corrected chi connectivity index (χ4v) is 2.47. The van der Waals surface area contributed by atoms with Gasteiger partial charge in [0.1, 0.15) is 18.2 Å². The van der Waals surface area contributed by atoms with Crippen molar-refractivity contribution in [2.75, 3.05) is 13.7 Å². The van der Waals surface area contributed by atoms with E-state index >= 15 is 0 Å². The first-order valence-electron chi connectivity index (χ1n) is 7.75. The normalized spacial score (nSPS) is 20.5. The smallest absolute Gasteiger partial charge is 0.410 e. The molecule has 2 amide bonds. The lowest BCUT2D eigenvalue weighted by atomic mass is 9.86. The maximum absolute atomic E-state index is 12.4. The summed E-state index contributed by atoms with van der Waals surface area (Å²) in [6.07, 6.45) is -0.0406. The molecule has 0 aromatic heterocycles. The summed E-state index contributed by atoms with van der Waals surface area (Å²) in [6, 6.07) is 8.53. The molecule has 2 rings (SSSR count). The van der Waals surface area contributed by atoms with Gasteiger partial charge in [0, 0.05) is 6.54 Å². The van der Waals surface area contributed by atoms with E-state index in [0.29, 0.717) is 13.0 Å². The lowest BCUT2D eigenvalue weighted by Gasteiger charge is -2.48. The van der Waals surface area contributed by atoms with E-state index in [1.54, 1.807) is 6.92 Å². The summed E-state index contributed by atoms with van der Waals surface area (Å²) in [5.74, 6) is -0.937. The fourth-order valence-electron chi connectivity index (χ4n) is 2.47. The van der Waals surface area contributed by atoms with Crippen molar-refractivity contribution in [2.45, 2.75) is 38.5 Å². The second kappa shape index (κ2) is 7.33. The minimum Gasteiger partial charge on any atom is -0.467 e. The lowest BCUT2D eigenvalue weighted by molar-refractivity contribution is -0.148. The van der Waals surface area contributed by atoms with Crippen LogP contribution in [0.2, 0.25) is 0 Å². The van der Waals surface area contributed by atoms with Crippen LogP contribution in [0, 0.1) is 0 Å². The van der Waals surface area contributed by atoms with Crippen LogP contribution in [0.1, 0.15) is 25.8 Å². The Labute approximate surface area is 140 Å². The second-order valence-electron chi connectivity index (χ2n) is 5.93. The average Bonchev–Trinajstić information content (AvgIpc) is 2.58. The van der Waals surface area contributed by atoms with E-state index in [4.69, 9.17) is 4.74 Å². The molecule has 1 aliphatic rings. The molecule has 7 heteroatoms. The summed E-state index contributed by atoms with van der Waals surface area (Å²) >= 11 is 0. The van der Waals surface area contributed by atoms with Crippen LogP contribution in [-0.4, -0.2) is 48.1 Å². The van der Waals surface area contributed by atoms with E-state index in [1.807, 2.05) is 30.3 Å². The summed E-state index contributed by atoms with van der Waals surface area (Å²) in [5, 5.41) is 2.57. The van der Waals surface area contributed by atoms with E-state index in [-0.39, 0.29) is 6.61 Å². The molecular formula is C17H22N2O5. The number of methoxy groups -OCH3 is 1. The van der Waals surface area contributed by atoms with Crippen LogP contribution in [0.25, 0.3) is 0 Å². The Morgan fingerprint density at radius 1 is 1.29 bits per heavy atom. The third kappa shape index (κ3) is 3.67. The van der Waals surface area contributed by atoms with Gasteiger partial charge in [0.2, 0.25) is 5.91 Å². The Morgan fingerprint density at radius 2 is 1.96 bits per heavy atom. The maximum Gasteiger partial charge on any atom is 0.410 e. The number of amides is 2. The van der Waals surface area contributed by atoms with Gasteiger partial charge in [-0.2, -0.15) is 0 Å². The minimum absolute atomic E-state index is 0.145. The van der Waals surface area contributed by atoms with Gasteiger partial charge in [0.15, 0.2) is 0 Å². The van der Waals surface area contributed by atoms with Crippen LogP contribution >= 0.6 is 0 Å². The topological polar surface area (TPSA) is 84.9 Å². The van der Waals surface area contributed by atoms with Gasteiger partial charge in [-0.05, 0) is 25.8 Å². The number of rotatable bonds is 5. The zero-order valence-electron chi connectivity index (χ0n) is 14.1. The molecule has 1 aromatic rings. The quantitative estimate of drug-likeness (QED) is 0.824. The molecule has 0 saturated carbocycles. The van der Waals surface area contributed by atoms with Crippen molar-refractivity contribution in [1.29, 1.82) is 0 Å². The number of ether oxygens (including phenoxy) is 2. The van der Waals surface area contributed by atoms with Crippen molar-refractivity contribution in [3.8, 4) is 0 Å². The van der Waals surface area contributed by atoms with Gasteiger partial charge in [-0.15, -0.1) is 0 Å². The predicted molar refractivity (Wildman–Crippen MR) is 86.0 cm³/mol. The number of hydrogen-bond acceptors (Lipinski definition) is 5. The molecule has 0 bridgehead atoms. The Balaban J connectivity index is 1.92. The van der Waals surface area contributed by atoms with Crippen LogP contribution in [0.3, 0.4) is 0 Å². The molecule has 130 valence electrons. The monoisotopic (exact) mass is 334 g/mol. The fraction of sp³-hybridized carbons (Fsp3) is 0.471. The lowest BCUT2D eigenvalue weighted by Crippen LogP contribution is -2.68. The highest BCUT2D eigenvalue weighted by Crippen LogP contribution is 2.31. The highest BCUT2D eigenvalue weighted by Gasteiger charge is 2.50. The minimum atomic E-state index is -1.02. The van der Waals surface area contributed by atoms with E-state index in [0.717, 1.165) is 5.56 Å². The van der Waals surface area contributed by atoms with Gasteiger partial charge < -0.3 is 14.8 Å². The SMILES string of the molecule is COC(=O)[C@H](C)NC(=O)[C@@]1(C)CCN1C(=O)OCc1ccccc1. The molecule has 0 radical (unpaired) electrons. The molecule has 1 aromatic carbocycles. The Bertz CT molecular complexity index is 619. The van der Waals surface area contributed by atoms with E-state index in [9.17, 15) is 14.4 Å². The van der Waals surface area contributed by atoms with Crippen molar-refractivity contribution >= 4 is 18.0 Å².